The summed E-state index contributed by atoms with van der Waals surface area (Å²) in [5.74, 6) is 1.28. The average Bonchev–Trinajstić information content (AvgIpc) is 2.81. The molecule has 102 valence electrons. The first-order valence-electron chi connectivity index (χ1n) is 6.80. The fourth-order valence-corrected chi connectivity index (χ4v) is 3.53. The number of aromatic nitrogens is 1. The molecule has 1 saturated carbocycles. The van der Waals surface area contributed by atoms with Crippen LogP contribution in [0.25, 0.3) is 0 Å². The molecule has 0 spiro atoms. The summed E-state index contributed by atoms with van der Waals surface area (Å²) in [5.41, 5.74) is 6.55. The second-order valence-corrected chi connectivity index (χ2v) is 6.58. The van der Waals surface area contributed by atoms with Crippen LogP contribution in [0.3, 0.4) is 0 Å². The lowest BCUT2D eigenvalue weighted by Gasteiger charge is -2.27. The molecule has 1 amide bonds. The van der Waals surface area contributed by atoms with Crippen molar-refractivity contribution < 1.29 is 4.79 Å². The number of nitrogens with two attached hydrogens (primary N) is 1. The minimum absolute atomic E-state index is 0.0514. The Morgan fingerprint density at radius 3 is 2.84 bits per heavy atom. The van der Waals surface area contributed by atoms with Gasteiger partial charge in [0.1, 0.15) is 5.69 Å². The lowest BCUT2D eigenvalue weighted by molar-refractivity contribution is 0.0778. The molecule has 1 aromatic rings. The average molecular weight is 324 g/mol. The molecular weight excluding hydrogens is 306 g/mol. The standard InChI is InChI=1S/C14H18BrN3O/c15-11-2-4-13(17-6-11)14(19)18-7-9-1-3-12(16)5-10(9)8-18/h2,4,6,9-10,12H,1,3,5,7-8,16H2/t9-,10+,12?/m1/s1. The van der Waals surface area contributed by atoms with Gasteiger partial charge in [-0.15, -0.1) is 0 Å². The van der Waals surface area contributed by atoms with Crippen LogP contribution in [0.2, 0.25) is 0 Å². The molecule has 1 aromatic heterocycles. The highest BCUT2D eigenvalue weighted by atomic mass is 79.9. The van der Waals surface area contributed by atoms with Crippen molar-refractivity contribution >= 4 is 21.8 Å². The molecule has 0 bridgehead atoms. The van der Waals surface area contributed by atoms with Crippen LogP contribution in [0.1, 0.15) is 29.8 Å². The van der Waals surface area contributed by atoms with Crippen molar-refractivity contribution in [1.82, 2.24) is 9.88 Å². The highest BCUT2D eigenvalue weighted by molar-refractivity contribution is 9.10. The zero-order valence-electron chi connectivity index (χ0n) is 10.8. The number of halogens is 1. The van der Waals surface area contributed by atoms with Crippen molar-refractivity contribution in [3.8, 4) is 0 Å². The fraction of sp³-hybridized carbons (Fsp3) is 0.571. The zero-order valence-corrected chi connectivity index (χ0v) is 12.3. The largest absolute Gasteiger partial charge is 0.337 e. The van der Waals surface area contributed by atoms with Gasteiger partial charge in [-0.1, -0.05) is 0 Å². The maximum Gasteiger partial charge on any atom is 0.272 e. The van der Waals surface area contributed by atoms with E-state index in [0.29, 0.717) is 23.6 Å². The third-order valence-electron chi connectivity index (χ3n) is 4.32. The second kappa shape index (κ2) is 5.21. The van der Waals surface area contributed by atoms with Crippen molar-refractivity contribution in [2.75, 3.05) is 13.1 Å². The maximum atomic E-state index is 12.4. The Balaban J connectivity index is 1.70. The molecule has 2 heterocycles. The SMILES string of the molecule is NC1CC[C@@H]2CN(C(=O)c3ccc(Br)cn3)C[C@@H]2C1. The van der Waals surface area contributed by atoms with Gasteiger partial charge in [0.2, 0.25) is 0 Å². The van der Waals surface area contributed by atoms with E-state index in [9.17, 15) is 4.79 Å². The summed E-state index contributed by atoms with van der Waals surface area (Å²) in [6, 6.07) is 3.96. The van der Waals surface area contributed by atoms with E-state index in [-0.39, 0.29) is 5.91 Å². The minimum Gasteiger partial charge on any atom is -0.337 e. The fourth-order valence-electron chi connectivity index (χ4n) is 3.30. The third kappa shape index (κ3) is 2.67. The van der Waals surface area contributed by atoms with Crippen LogP contribution in [-0.4, -0.2) is 34.9 Å². The molecule has 2 N–H and O–H groups in total. The molecular formula is C14H18BrN3O. The van der Waals surface area contributed by atoms with Gasteiger partial charge in [0, 0.05) is 29.8 Å². The summed E-state index contributed by atoms with van der Waals surface area (Å²) < 4.78 is 0.894. The Morgan fingerprint density at radius 2 is 2.11 bits per heavy atom. The number of nitrogens with zero attached hydrogens (tertiary/aromatic N) is 2. The Kier molecular flexibility index (Phi) is 3.58. The molecule has 1 saturated heterocycles. The number of carbonyl (C=O) groups excluding carboxylic acids is 1. The van der Waals surface area contributed by atoms with Gasteiger partial charge in [0.25, 0.3) is 5.91 Å². The van der Waals surface area contributed by atoms with Crippen LogP contribution in [0, 0.1) is 11.8 Å². The normalized spacial score (nSPS) is 30.2. The van der Waals surface area contributed by atoms with Gasteiger partial charge >= 0.3 is 0 Å². The number of amides is 1. The van der Waals surface area contributed by atoms with Gasteiger partial charge in [-0.3, -0.25) is 4.79 Å². The van der Waals surface area contributed by atoms with Gasteiger partial charge in [-0.2, -0.15) is 0 Å². The summed E-state index contributed by atoms with van der Waals surface area (Å²) in [6.45, 7) is 1.71. The van der Waals surface area contributed by atoms with Crippen LogP contribution < -0.4 is 5.73 Å². The highest BCUT2D eigenvalue weighted by Crippen LogP contribution is 2.36. The zero-order chi connectivity index (χ0) is 13.4. The highest BCUT2D eigenvalue weighted by Gasteiger charge is 2.38. The number of hydrogen-bond donors (Lipinski definition) is 1. The molecule has 2 aliphatic rings. The number of pyridine rings is 1. The van der Waals surface area contributed by atoms with Crippen LogP contribution in [-0.2, 0) is 0 Å². The van der Waals surface area contributed by atoms with E-state index in [1.54, 1.807) is 12.3 Å². The van der Waals surface area contributed by atoms with Crippen molar-refractivity contribution in [3.63, 3.8) is 0 Å². The van der Waals surface area contributed by atoms with E-state index in [1.165, 1.54) is 0 Å². The first-order chi connectivity index (χ1) is 9.13. The number of likely N-dealkylation sites (tertiary alicyclic amines) is 1. The monoisotopic (exact) mass is 323 g/mol. The Labute approximate surface area is 121 Å². The molecule has 0 radical (unpaired) electrons. The number of carbonyl (C=O) groups is 1. The number of fused-ring (bicyclic) bond motifs is 1. The van der Waals surface area contributed by atoms with E-state index in [2.05, 4.69) is 20.9 Å². The molecule has 5 heteroatoms. The minimum atomic E-state index is 0.0514. The maximum absolute atomic E-state index is 12.4. The topological polar surface area (TPSA) is 59.2 Å². The summed E-state index contributed by atoms with van der Waals surface area (Å²) in [6.07, 6.45) is 4.98. The molecule has 3 atom stereocenters. The van der Waals surface area contributed by atoms with E-state index in [4.69, 9.17) is 5.73 Å². The number of rotatable bonds is 1. The van der Waals surface area contributed by atoms with E-state index in [1.807, 2.05) is 11.0 Å². The van der Waals surface area contributed by atoms with Gasteiger partial charge in [0.05, 0.1) is 0 Å². The summed E-state index contributed by atoms with van der Waals surface area (Å²) >= 11 is 3.33. The van der Waals surface area contributed by atoms with Crippen LogP contribution >= 0.6 is 15.9 Å². The predicted molar refractivity (Wildman–Crippen MR) is 76.6 cm³/mol. The van der Waals surface area contributed by atoms with E-state index in [0.717, 1.165) is 36.8 Å². The molecule has 1 unspecified atom stereocenters. The van der Waals surface area contributed by atoms with Gasteiger partial charge < -0.3 is 10.6 Å². The molecule has 3 rings (SSSR count). The van der Waals surface area contributed by atoms with Crippen molar-refractivity contribution in [2.45, 2.75) is 25.3 Å². The Bertz CT molecular complexity index is 476. The lowest BCUT2D eigenvalue weighted by Crippen LogP contribution is -2.32. The summed E-state index contributed by atoms with van der Waals surface area (Å²) in [7, 11) is 0. The summed E-state index contributed by atoms with van der Waals surface area (Å²) in [5, 5.41) is 0. The molecule has 1 aliphatic heterocycles. The van der Waals surface area contributed by atoms with E-state index < -0.39 is 0 Å². The third-order valence-corrected chi connectivity index (χ3v) is 4.79. The first kappa shape index (κ1) is 13.1. The Hall–Kier alpha value is -0.940. The van der Waals surface area contributed by atoms with Gasteiger partial charge in [0.15, 0.2) is 0 Å². The molecule has 4 nitrogen and oxygen atoms in total. The molecule has 2 fully saturated rings. The van der Waals surface area contributed by atoms with Gasteiger partial charge in [-0.05, 0) is 59.2 Å². The summed E-state index contributed by atoms with van der Waals surface area (Å²) in [4.78, 5) is 18.5. The van der Waals surface area contributed by atoms with E-state index >= 15 is 0 Å². The lowest BCUT2D eigenvalue weighted by atomic mass is 9.79. The van der Waals surface area contributed by atoms with Gasteiger partial charge in [-0.25, -0.2) is 4.98 Å². The second-order valence-electron chi connectivity index (χ2n) is 5.67. The van der Waals surface area contributed by atoms with Crippen LogP contribution in [0.5, 0.6) is 0 Å². The first-order valence-corrected chi connectivity index (χ1v) is 7.59. The van der Waals surface area contributed by atoms with Crippen molar-refractivity contribution in [1.29, 1.82) is 0 Å². The van der Waals surface area contributed by atoms with Crippen LogP contribution in [0.4, 0.5) is 0 Å². The quantitative estimate of drug-likeness (QED) is 0.860. The van der Waals surface area contributed by atoms with Crippen molar-refractivity contribution in [3.05, 3.63) is 28.5 Å². The van der Waals surface area contributed by atoms with Crippen LogP contribution in [0.15, 0.2) is 22.8 Å². The smallest absolute Gasteiger partial charge is 0.272 e. The number of hydrogen-bond acceptors (Lipinski definition) is 3. The molecule has 19 heavy (non-hydrogen) atoms. The molecule has 1 aliphatic carbocycles. The van der Waals surface area contributed by atoms with Crippen molar-refractivity contribution in [2.24, 2.45) is 17.6 Å². The molecule has 0 aromatic carbocycles. The predicted octanol–water partition coefficient (Wildman–Crippen LogP) is 2.04. The Morgan fingerprint density at radius 1 is 1.32 bits per heavy atom.